The van der Waals surface area contributed by atoms with E-state index in [2.05, 4.69) is 48.6 Å². The van der Waals surface area contributed by atoms with E-state index in [1.165, 1.54) is 16.7 Å². The molecule has 4 nitrogen and oxygen atoms in total. The topological polar surface area (TPSA) is 55.1 Å². The molecule has 0 fully saturated rings. The highest BCUT2D eigenvalue weighted by atomic mass is 16.5. The molecule has 1 heterocycles. The van der Waals surface area contributed by atoms with Gasteiger partial charge in [0.25, 0.3) is 0 Å². The van der Waals surface area contributed by atoms with E-state index in [-0.39, 0.29) is 5.91 Å². The molecule has 0 saturated heterocycles. The molecule has 134 valence electrons. The first kappa shape index (κ1) is 17.9. The number of hydrogen-bond donors (Lipinski definition) is 1. The molecular weight excluding hydrogens is 324 g/mol. The molecule has 26 heavy (non-hydrogen) atoms. The Balaban J connectivity index is 1.59. The maximum atomic E-state index is 12.2. The van der Waals surface area contributed by atoms with Gasteiger partial charge in [-0.25, -0.2) is 0 Å². The summed E-state index contributed by atoms with van der Waals surface area (Å²) >= 11 is 0. The fourth-order valence-corrected chi connectivity index (χ4v) is 2.99. The molecule has 0 aliphatic rings. The van der Waals surface area contributed by atoms with Gasteiger partial charge in [-0.05, 0) is 44.4 Å². The summed E-state index contributed by atoms with van der Waals surface area (Å²) in [6.45, 7) is 6.72. The van der Waals surface area contributed by atoms with Gasteiger partial charge in [-0.2, -0.15) is 0 Å². The summed E-state index contributed by atoms with van der Waals surface area (Å²) in [6.07, 6.45) is 2.64. The number of carbonyl (C=O) groups is 1. The molecular formula is C22H24N2O2. The summed E-state index contributed by atoms with van der Waals surface area (Å²) in [4.78, 5) is 12.2. The summed E-state index contributed by atoms with van der Waals surface area (Å²) in [7, 11) is 0. The Morgan fingerprint density at radius 1 is 1.04 bits per heavy atom. The maximum absolute atomic E-state index is 12.2. The molecule has 0 atom stereocenters. The number of aryl methyl sites for hydroxylation is 4. The number of aromatic nitrogens is 1. The minimum absolute atomic E-state index is 0.0299. The average molecular weight is 348 g/mol. The Kier molecular flexibility index (Phi) is 5.52. The van der Waals surface area contributed by atoms with E-state index < -0.39 is 0 Å². The summed E-state index contributed by atoms with van der Waals surface area (Å²) in [5.41, 5.74) is 7.51. The second kappa shape index (κ2) is 8.00. The third-order valence-electron chi connectivity index (χ3n) is 4.54. The van der Waals surface area contributed by atoms with Gasteiger partial charge < -0.3 is 9.84 Å². The van der Waals surface area contributed by atoms with Crippen LogP contribution in [0.2, 0.25) is 0 Å². The number of nitrogens with zero attached hydrogens (tertiary/aromatic N) is 1. The number of benzene rings is 2. The fraction of sp³-hybridized carbons (Fsp3) is 0.273. The average Bonchev–Trinajstić information content (AvgIpc) is 3.09. The van der Waals surface area contributed by atoms with E-state index in [9.17, 15) is 4.79 Å². The first-order valence-electron chi connectivity index (χ1n) is 8.86. The highest BCUT2D eigenvalue weighted by Gasteiger charge is 2.12. The Hall–Kier alpha value is -2.88. The number of rotatable bonds is 6. The molecule has 4 heteroatoms. The lowest BCUT2D eigenvalue weighted by molar-refractivity contribution is -0.121. The van der Waals surface area contributed by atoms with Gasteiger partial charge >= 0.3 is 0 Å². The number of amides is 1. The highest BCUT2D eigenvalue weighted by molar-refractivity contribution is 5.76. The zero-order valence-electron chi connectivity index (χ0n) is 15.5. The summed E-state index contributed by atoms with van der Waals surface area (Å²) in [5, 5.41) is 7.12. The third-order valence-corrected chi connectivity index (χ3v) is 4.54. The van der Waals surface area contributed by atoms with E-state index >= 15 is 0 Å². The number of hydrogen-bond acceptors (Lipinski definition) is 3. The molecule has 0 radical (unpaired) electrons. The van der Waals surface area contributed by atoms with Crippen LogP contribution < -0.4 is 5.32 Å². The van der Waals surface area contributed by atoms with E-state index in [0.717, 1.165) is 22.4 Å². The number of nitrogens with one attached hydrogen (secondary N) is 1. The molecule has 3 rings (SSSR count). The largest absolute Gasteiger partial charge is 0.364 e. The van der Waals surface area contributed by atoms with Crippen molar-refractivity contribution in [2.24, 2.45) is 0 Å². The van der Waals surface area contributed by atoms with E-state index in [1.54, 1.807) is 6.26 Å². The first-order chi connectivity index (χ1) is 12.5. The number of carbonyl (C=O) groups excluding carboxylic acids is 1. The zero-order valence-corrected chi connectivity index (χ0v) is 15.5. The van der Waals surface area contributed by atoms with Gasteiger partial charge in [-0.1, -0.05) is 52.7 Å². The van der Waals surface area contributed by atoms with E-state index in [0.29, 0.717) is 19.4 Å². The fourth-order valence-electron chi connectivity index (χ4n) is 2.99. The van der Waals surface area contributed by atoms with Crippen molar-refractivity contribution in [1.29, 1.82) is 0 Å². The second-order valence-electron chi connectivity index (χ2n) is 6.76. The Labute approximate surface area is 154 Å². The predicted octanol–water partition coefficient (Wildman–Crippen LogP) is 4.52. The van der Waals surface area contributed by atoms with Crippen LogP contribution in [0.15, 0.2) is 53.3 Å². The maximum Gasteiger partial charge on any atom is 0.220 e. The van der Waals surface area contributed by atoms with Crippen molar-refractivity contribution in [2.75, 3.05) is 0 Å². The lowest BCUT2D eigenvalue weighted by Crippen LogP contribution is -2.23. The summed E-state index contributed by atoms with van der Waals surface area (Å²) < 4.78 is 5.15. The van der Waals surface area contributed by atoms with Crippen LogP contribution in [0.5, 0.6) is 0 Å². The van der Waals surface area contributed by atoms with E-state index in [4.69, 9.17) is 4.52 Å². The monoisotopic (exact) mass is 348 g/mol. The van der Waals surface area contributed by atoms with Crippen molar-refractivity contribution in [3.05, 3.63) is 76.5 Å². The van der Waals surface area contributed by atoms with Crippen molar-refractivity contribution in [2.45, 2.75) is 40.2 Å². The second-order valence-corrected chi connectivity index (χ2v) is 6.76. The highest BCUT2D eigenvalue weighted by Crippen LogP contribution is 2.24. The van der Waals surface area contributed by atoms with Gasteiger partial charge in [-0.3, -0.25) is 4.79 Å². The molecule has 0 unspecified atom stereocenters. The molecule has 0 aliphatic heterocycles. The molecule has 0 bridgehead atoms. The molecule has 1 amide bonds. The van der Waals surface area contributed by atoms with Crippen LogP contribution in [0.1, 0.15) is 34.2 Å². The summed E-state index contributed by atoms with van der Waals surface area (Å²) in [5.74, 6) is 0.0299. The van der Waals surface area contributed by atoms with Crippen molar-refractivity contribution in [3.8, 4) is 11.3 Å². The van der Waals surface area contributed by atoms with Crippen LogP contribution >= 0.6 is 0 Å². The predicted molar refractivity (Wildman–Crippen MR) is 103 cm³/mol. The molecule has 0 aliphatic carbocycles. The third kappa shape index (κ3) is 4.39. The van der Waals surface area contributed by atoms with Gasteiger partial charge in [0.1, 0.15) is 12.0 Å². The van der Waals surface area contributed by atoms with Crippen LogP contribution in [0.25, 0.3) is 11.3 Å². The quantitative estimate of drug-likeness (QED) is 0.713. The SMILES string of the molecule is Cc1cccc(-c2nocc2CCC(=O)NCc2cc(C)ccc2C)c1. The lowest BCUT2D eigenvalue weighted by Gasteiger charge is -2.09. The molecule has 3 aromatic rings. The first-order valence-corrected chi connectivity index (χ1v) is 8.86. The van der Waals surface area contributed by atoms with Crippen LogP contribution in [-0.2, 0) is 17.8 Å². The van der Waals surface area contributed by atoms with Crippen LogP contribution in [0, 0.1) is 20.8 Å². The smallest absolute Gasteiger partial charge is 0.220 e. The Morgan fingerprint density at radius 2 is 1.85 bits per heavy atom. The summed E-state index contributed by atoms with van der Waals surface area (Å²) in [6, 6.07) is 14.4. The Morgan fingerprint density at radius 3 is 2.65 bits per heavy atom. The van der Waals surface area contributed by atoms with Gasteiger partial charge in [-0.15, -0.1) is 0 Å². The molecule has 0 spiro atoms. The van der Waals surface area contributed by atoms with Crippen molar-refractivity contribution < 1.29 is 9.32 Å². The van der Waals surface area contributed by atoms with Crippen molar-refractivity contribution in [1.82, 2.24) is 10.5 Å². The van der Waals surface area contributed by atoms with Gasteiger partial charge in [0.2, 0.25) is 5.91 Å². The molecule has 1 N–H and O–H groups in total. The molecule has 1 aromatic heterocycles. The zero-order chi connectivity index (χ0) is 18.5. The van der Waals surface area contributed by atoms with Crippen molar-refractivity contribution >= 4 is 5.91 Å². The van der Waals surface area contributed by atoms with Gasteiger partial charge in [0.15, 0.2) is 0 Å². The van der Waals surface area contributed by atoms with E-state index in [1.807, 2.05) is 25.1 Å². The lowest BCUT2D eigenvalue weighted by atomic mass is 10.0. The molecule has 2 aromatic carbocycles. The molecule has 0 saturated carbocycles. The van der Waals surface area contributed by atoms with Crippen LogP contribution in [-0.4, -0.2) is 11.1 Å². The standard InChI is InChI=1S/C22H24N2O2/c1-15-5-4-6-18(11-15)22-19(14-26-24-22)9-10-21(25)23-13-20-12-16(2)7-8-17(20)3/h4-8,11-12,14H,9-10,13H2,1-3H3,(H,23,25). The van der Waals surface area contributed by atoms with Crippen molar-refractivity contribution in [3.63, 3.8) is 0 Å². The van der Waals surface area contributed by atoms with Crippen LogP contribution in [0.3, 0.4) is 0 Å². The minimum Gasteiger partial charge on any atom is -0.364 e. The Bertz CT molecular complexity index is 912. The normalized spacial score (nSPS) is 10.7. The minimum atomic E-state index is 0.0299. The van der Waals surface area contributed by atoms with Crippen LogP contribution in [0.4, 0.5) is 0 Å². The van der Waals surface area contributed by atoms with Gasteiger partial charge in [0.05, 0.1) is 0 Å². The van der Waals surface area contributed by atoms with Gasteiger partial charge in [0, 0.05) is 24.1 Å².